The lowest BCUT2D eigenvalue weighted by Gasteiger charge is -2.22. The molecule has 1 rings (SSSR count). The number of hydrogen-bond acceptors (Lipinski definition) is 3. The van der Waals surface area contributed by atoms with Crippen molar-refractivity contribution in [3.05, 3.63) is 29.8 Å². The van der Waals surface area contributed by atoms with Crippen molar-refractivity contribution >= 4 is 11.5 Å². The number of carbonyl (C=O) groups excluding carboxylic acids is 1. The van der Waals surface area contributed by atoms with E-state index < -0.39 is 0 Å². The summed E-state index contributed by atoms with van der Waals surface area (Å²) in [5, 5.41) is 3.41. The van der Waals surface area contributed by atoms with Gasteiger partial charge in [0, 0.05) is 18.4 Å². The summed E-state index contributed by atoms with van der Waals surface area (Å²) < 4.78 is 5.18. The van der Waals surface area contributed by atoms with Gasteiger partial charge in [-0.2, -0.15) is 0 Å². The number of benzene rings is 1. The van der Waals surface area contributed by atoms with E-state index in [2.05, 4.69) is 19.2 Å². The molecule has 1 aromatic carbocycles. The first-order valence-electron chi connectivity index (χ1n) is 5.91. The van der Waals surface area contributed by atoms with Crippen molar-refractivity contribution in [3.63, 3.8) is 0 Å². The van der Waals surface area contributed by atoms with Gasteiger partial charge in [0.25, 0.3) is 0 Å². The van der Waals surface area contributed by atoms with Crippen LogP contribution in [0.25, 0.3) is 0 Å². The number of ketones is 1. The molecular formula is C14H21NO2. The topological polar surface area (TPSA) is 38.3 Å². The molecule has 0 spiro atoms. The van der Waals surface area contributed by atoms with Crippen LogP contribution in [0.3, 0.4) is 0 Å². The SMILES string of the molecule is COCC(Nc1ccc(C(C)=O)cc1)C(C)C. The van der Waals surface area contributed by atoms with Crippen LogP contribution in [0.15, 0.2) is 24.3 Å². The molecule has 0 aromatic heterocycles. The van der Waals surface area contributed by atoms with Crippen LogP contribution in [0.5, 0.6) is 0 Å². The Morgan fingerprint density at radius 3 is 2.29 bits per heavy atom. The molecule has 0 saturated heterocycles. The van der Waals surface area contributed by atoms with Gasteiger partial charge in [0.1, 0.15) is 0 Å². The molecule has 3 heteroatoms. The predicted molar refractivity (Wildman–Crippen MR) is 70.6 cm³/mol. The maximum Gasteiger partial charge on any atom is 0.159 e. The Hall–Kier alpha value is -1.35. The van der Waals surface area contributed by atoms with Gasteiger partial charge in [-0.05, 0) is 37.1 Å². The van der Waals surface area contributed by atoms with E-state index in [0.29, 0.717) is 12.5 Å². The molecule has 1 unspecified atom stereocenters. The second-order valence-corrected chi connectivity index (χ2v) is 4.58. The fourth-order valence-electron chi connectivity index (χ4n) is 1.60. The zero-order chi connectivity index (χ0) is 12.8. The third-order valence-corrected chi connectivity index (χ3v) is 2.79. The quantitative estimate of drug-likeness (QED) is 0.770. The third kappa shape index (κ3) is 4.19. The van der Waals surface area contributed by atoms with E-state index in [4.69, 9.17) is 4.74 Å². The lowest BCUT2D eigenvalue weighted by atomic mass is 10.0. The van der Waals surface area contributed by atoms with Crippen LogP contribution in [-0.4, -0.2) is 25.5 Å². The predicted octanol–water partition coefficient (Wildman–Crippen LogP) is 2.97. The number of anilines is 1. The van der Waals surface area contributed by atoms with Crippen LogP contribution in [0.1, 0.15) is 31.1 Å². The van der Waals surface area contributed by atoms with E-state index in [9.17, 15) is 4.79 Å². The number of rotatable bonds is 6. The molecule has 1 aromatic rings. The third-order valence-electron chi connectivity index (χ3n) is 2.79. The molecule has 0 heterocycles. The molecule has 1 atom stereocenters. The second-order valence-electron chi connectivity index (χ2n) is 4.58. The summed E-state index contributed by atoms with van der Waals surface area (Å²) in [6.45, 7) is 6.55. The molecule has 17 heavy (non-hydrogen) atoms. The minimum atomic E-state index is 0.0915. The summed E-state index contributed by atoms with van der Waals surface area (Å²) in [5.41, 5.74) is 1.76. The molecule has 0 aliphatic carbocycles. The Morgan fingerprint density at radius 2 is 1.88 bits per heavy atom. The summed E-state index contributed by atoms with van der Waals surface area (Å²) in [6.07, 6.45) is 0. The first-order valence-corrected chi connectivity index (χ1v) is 5.91. The average Bonchev–Trinajstić information content (AvgIpc) is 2.29. The normalized spacial score (nSPS) is 12.5. The zero-order valence-corrected chi connectivity index (χ0v) is 11.0. The van der Waals surface area contributed by atoms with Crippen molar-refractivity contribution in [2.75, 3.05) is 19.0 Å². The monoisotopic (exact) mass is 235 g/mol. The number of hydrogen-bond donors (Lipinski definition) is 1. The fraction of sp³-hybridized carbons (Fsp3) is 0.500. The van der Waals surface area contributed by atoms with Gasteiger partial charge in [0.05, 0.1) is 12.6 Å². The standard InChI is InChI=1S/C14H21NO2/c1-10(2)14(9-17-4)15-13-7-5-12(6-8-13)11(3)16/h5-8,10,14-15H,9H2,1-4H3. The molecular weight excluding hydrogens is 214 g/mol. The van der Waals surface area contributed by atoms with Gasteiger partial charge < -0.3 is 10.1 Å². The molecule has 0 aliphatic rings. The van der Waals surface area contributed by atoms with Crippen molar-refractivity contribution in [1.29, 1.82) is 0 Å². The molecule has 0 bridgehead atoms. The number of Topliss-reactive ketones (excluding diaryl/α,β-unsaturated/α-hetero) is 1. The zero-order valence-electron chi connectivity index (χ0n) is 11.0. The molecule has 0 fully saturated rings. The lowest BCUT2D eigenvalue weighted by molar-refractivity contribution is 0.101. The van der Waals surface area contributed by atoms with E-state index in [1.54, 1.807) is 14.0 Å². The molecule has 0 radical (unpaired) electrons. The van der Waals surface area contributed by atoms with Crippen LogP contribution in [-0.2, 0) is 4.74 Å². The highest BCUT2D eigenvalue weighted by Gasteiger charge is 2.12. The summed E-state index contributed by atoms with van der Waals surface area (Å²) in [5.74, 6) is 0.580. The van der Waals surface area contributed by atoms with Gasteiger partial charge in [-0.25, -0.2) is 0 Å². The highest BCUT2D eigenvalue weighted by Crippen LogP contribution is 2.14. The molecule has 3 nitrogen and oxygen atoms in total. The van der Waals surface area contributed by atoms with Crippen LogP contribution in [0.4, 0.5) is 5.69 Å². The van der Waals surface area contributed by atoms with Crippen molar-refractivity contribution in [3.8, 4) is 0 Å². The molecule has 0 amide bonds. The molecule has 0 saturated carbocycles. The number of nitrogens with one attached hydrogen (secondary N) is 1. The van der Waals surface area contributed by atoms with Gasteiger partial charge in [-0.1, -0.05) is 13.8 Å². The minimum Gasteiger partial charge on any atom is -0.383 e. The van der Waals surface area contributed by atoms with Crippen LogP contribution in [0, 0.1) is 5.92 Å². The van der Waals surface area contributed by atoms with Crippen molar-refractivity contribution in [2.24, 2.45) is 5.92 Å². The lowest BCUT2D eigenvalue weighted by Crippen LogP contribution is -2.30. The van der Waals surface area contributed by atoms with Crippen LogP contribution >= 0.6 is 0 Å². The Labute approximate surface area is 103 Å². The highest BCUT2D eigenvalue weighted by molar-refractivity contribution is 5.94. The largest absolute Gasteiger partial charge is 0.383 e. The van der Waals surface area contributed by atoms with Gasteiger partial charge in [-0.3, -0.25) is 4.79 Å². The average molecular weight is 235 g/mol. The van der Waals surface area contributed by atoms with Gasteiger partial charge in [0.15, 0.2) is 5.78 Å². The Kier molecular flexibility index (Phi) is 5.16. The van der Waals surface area contributed by atoms with E-state index in [-0.39, 0.29) is 11.8 Å². The maximum atomic E-state index is 11.1. The summed E-state index contributed by atoms with van der Waals surface area (Å²) in [4.78, 5) is 11.1. The fourth-order valence-corrected chi connectivity index (χ4v) is 1.60. The summed E-state index contributed by atoms with van der Waals surface area (Å²) >= 11 is 0. The smallest absolute Gasteiger partial charge is 0.159 e. The Bertz CT molecular complexity index is 357. The first kappa shape index (κ1) is 13.7. The van der Waals surface area contributed by atoms with Crippen molar-refractivity contribution in [2.45, 2.75) is 26.8 Å². The minimum absolute atomic E-state index is 0.0915. The van der Waals surface area contributed by atoms with Gasteiger partial charge >= 0.3 is 0 Å². The summed E-state index contributed by atoms with van der Waals surface area (Å²) in [7, 11) is 1.70. The highest BCUT2D eigenvalue weighted by atomic mass is 16.5. The Balaban J connectivity index is 2.69. The van der Waals surface area contributed by atoms with Gasteiger partial charge in [0.2, 0.25) is 0 Å². The van der Waals surface area contributed by atoms with Crippen molar-refractivity contribution < 1.29 is 9.53 Å². The van der Waals surface area contributed by atoms with E-state index in [1.807, 2.05) is 24.3 Å². The molecule has 1 N–H and O–H groups in total. The number of ether oxygens (including phenoxy) is 1. The maximum absolute atomic E-state index is 11.1. The second kappa shape index (κ2) is 6.40. The van der Waals surface area contributed by atoms with E-state index in [0.717, 1.165) is 11.3 Å². The number of carbonyl (C=O) groups is 1. The van der Waals surface area contributed by atoms with E-state index in [1.165, 1.54) is 0 Å². The number of methoxy groups -OCH3 is 1. The molecule has 94 valence electrons. The molecule has 0 aliphatic heterocycles. The summed E-state index contributed by atoms with van der Waals surface area (Å²) in [6, 6.07) is 7.83. The van der Waals surface area contributed by atoms with E-state index >= 15 is 0 Å². The van der Waals surface area contributed by atoms with Crippen molar-refractivity contribution in [1.82, 2.24) is 0 Å². The van der Waals surface area contributed by atoms with Crippen LogP contribution in [0.2, 0.25) is 0 Å². The van der Waals surface area contributed by atoms with Crippen LogP contribution < -0.4 is 5.32 Å². The first-order chi connectivity index (χ1) is 8.04. The Morgan fingerprint density at radius 1 is 1.29 bits per heavy atom. The van der Waals surface area contributed by atoms with Gasteiger partial charge in [-0.15, -0.1) is 0 Å².